The summed E-state index contributed by atoms with van der Waals surface area (Å²) in [5, 5.41) is 6.27. The van der Waals surface area contributed by atoms with Crippen molar-refractivity contribution >= 4 is 29.4 Å². The van der Waals surface area contributed by atoms with Crippen molar-refractivity contribution in [3.8, 4) is 17.4 Å². The number of amides is 3. The van der Waals surface area contributed by atoms with Crippen LogP contribution in [0, 0.1) is 0 Å². The third-order valence-electron chi connectivity index (χ3n) is 6.70. The van der Waals surface area contributed by atoms with E-state index in [9.17, 15) is 9.59 Å². The van der Waals surface area contributed by atoms with Crippen LogP contribution in [0.3, 0.4) is 0 Å². The number of nitrogens with zero attached hydrogens (tertiary/aromatic N) is 6. The topological polar surface area (TPSA) is 127 Å². The Morgan fingerprint density at radius 1 is 1.18 bits per heavy atom. The first-order valence-corrected chi connectivity index (χ1v) is 13.5. The van der Waals surface area contributed by atoms with Gasteiger partial charge in [0.2, 0.25) is 11.9 Å². The largest absolute Gasteiger partial charge is 0.497 e. The van der Waals surface area contributed by atoms with E-state index < -0.39 is 0 Å². The molecule has 1 fully saturated rings. The molecule has 3 heterocycles. The molecule has 2 atom stereocenters. The predicted octanol–water partition coefficient (Wildman–Crippen LogP) is 3.21. The summed E-state index contributed by atoms with van der Waals surface area (Å²) in [6.07, 6.45) is 5.90. The number of piperazine rings is 1. The van der Waals surface area contributed by atoms with Crippen LogP contribution < -0.4 is 25.0 Å². The number of benzene rings is 1. The van der Waals surface area contributed by atoms with Gasteiger partial charge in [0.1, 0.15) is 28.8 Å². The third kappa shape index (κ3) is 6.92. The highest BCUT2D eigenvalue weighted by molar-refractivity contribution is 6.29. The summed E-state index contributed by atoms with van der Waals surface area (Å²) in [6.45, 7) is 5.74. The average Bonchev–Trinajstić information content (AvgIpc) is 3.50. The molecule has 2 N–H and O–H groups in total. The number of rotatable bonds is 10. The predicted molar refractivity (Wildman–Crippen MR) is 151 cm³/mol. The molecule has 214 valence electrons. The maximum atomic E-state index is 13.4. The number of hydrogen-bond acceptors (Lipinski definition) is 8. The Kier molecular flexibility index (Phi) is 9.65. The minimum atomic E-state index is -0.359. The van der Waals surface area contributed by atoms with Gasteiger partial charge in [-0.1, -0.05) is 18.5 Å². The number of aromatic nitrogens is 4. The van der Waals surface area contributed by atoms with Gasteiger partial charge in [0.05, 0.1) is 26.3 Å². The number of ether oxygens (including phenoxy) is 2. The van der Waals surface area contributed by atoms with E-state index in [0.717, 1.165) is 12.0 Å². The van der Waals surface area contributed by atoms with E-state index in [0.29, 0.717) is 49.4 Å². The minimum Gasteiger partial charge on any atom is -0.497 e. The van der Waals surface area contributed by atoms with Crippen molar-refractivity contribution in [2.24, 2.45) is 0 Å². The summed E-state index contributed by atoms with van der Waals surface area (Å²) in [5.74, 6) is 2.06. The fourth-order valence-corrected chi connectivity index (χ4v) is 4.84. The molecular formula is C27H35ClN8O4. The summed E-state index contributed by atoms with van der Waals surface area (Å²) in [4.78, 5) is 43.0. The number of carbonyl (C=O) groups is 2. The van der Waals surface area contributed by atoms with Crippen molar-refractivity contribution in [1.82, 2.24) is 35.1 Å². The summed E-state index contributed by atoms with van der Waals surface area (Å²) in [7, 11) is 3.18. The maximum absolute atomic E-state index is 13.4. The molecule has 2 unspecified atom stereocenters. The molecular weight excluding hydrogens is 536 g/mol. The SMILES string of the molecule is CCCNC(=O)N1CCN(c2cc(Cl)nc(-n3ccnc3)n2)C(CC(=O)NC(C)c2cc(OC)ccc2OC)C1. The zero-order chi connectivity index (χ0) is 28.6. The number of methoxy groups -OCH3 is 2. The van der Waals surface area contributed by atoms with Gasteiger partial charge >= 0.3 is 6.03 Å². The summed E-state index contributed by atoms with van der Waals surface area (Å²) in [5.41, 5.74) is 0.795. The summed E-state index contributed by atoms with van der Waals surface area (Å²) < 4.78 is 12.5. The lowest BCUT2D eigenvalue weighted by atomic mass is 10.0. The molecule has 0 bridgehead atoms. The Bertz CT molecular complexity index is 1310. The van der Waals surface area contributed by atoms with Gasteiger partial charge in [0.15, 0.2) is 0 Å². The fourth-order valence-electron chi connectivity index (χ4n) is 4.66. The standard InChI is InChI=1S/C27H35ClN8O4/c1-5-8-30-27(38)34-11-12-36(24-15-23(28)32-26(33-24)35-10-9-29-17-35)19(16-34)13-25(37)31-18(2)21-14-20(39-3)6-7-22(21)40-4/h6-7,9-10,14-15,17-19H,5,8,11-13,16H2,1-4H3,(H,30,38)(H,31,37). The summed E-state index contributed by atoms with van der Waals surface area (Å²) >= 11 is 6.38. The van der Waals surface area contributed by atoms with Crippen LogP contribution in [-0.2, 0) is 4.79 Å². The van der Waals surface area contributed by atoms with Crippen LogP contribution in [0.1, 0.15) is 38.3 Å². The Balaban J connectivity index is 1.56. The first-order valence-electron chi connectivity index (χ1n) is 13.2. The van der Waals surface area contributed by atoms with Crippen LogP contribution >= 0.6 is 11.6 Å². The van der Waals surface area contributed by atoms with Crippen molar-refractivity contribution in [2.45, 2.75) is 38.8 Å². The van der Waals surface area contributed by atoms with Crippen molar-refractivity contribution in [2.75, 3.05) is 45.3 Å². The Labute approximate surface area is 238 Å². The zero-order valence-electron chi connectivity index (χ0n) is 23.1. The van der Waals surface area contributed by atoms with E-state index in [2.05, 4.69) is 20.6 Å². The van der Waals surface area contributed by atoms with E-state index in [1.165, 1.54) is 0 Å². The van der Waals surface area contributed by atoms with Crippen LogP contribution in [0.15, 0.2) is 43.0 Å². The number of nitrogens with one attached hydrogen (secondary N) is 2. The maximum Gasteiger partial charge on any atom is 0.317 e. The van der Waals surface area contributed by atoms with E-state index in [1.54, 1.807) is 54.5 Å². The van der Waals surface area contributed by atoms with Crippen molar-refractivity contribution in [3.63, 3.8) is 0 Å². The lowest BCUT2D eigenvalue weighted by molar-refractivity contribution is -0.122. The normalized spacial score (nSPS) is 15.9. The number of halogens is 1. The van der Waals surface area contributed by atoms with Gasteiger partial charge in [0, 0.05) is 56.6 Å². The molecule has 4 rings (SSSR count). The van der Waals surface area contributed by atoms with Crippen LogP contribution in [0.5, 0.6) is 11.5 Å². The highest BCUT2D eigenvalue weighted by atomic mass is 35.5. The first kappa shape index (κ1) is 28.9. The number of carbonyl (C=O) groups excluding carboxylic acids is 2. The minimum absolute atomic E-state index is 0.121. The lowest BCUT2D eigenvalue weighted by Gasteiger charge is -2.42. The number of anilines is 1. The molecule has 0 aliphatic carbocycles. The second-order valence-electron chi connectivity index (χ2n) is 9.45. The number of urea groups is 1. The molecule has 3 aromatic rings. The molecule has 0 spiro atoms. The van der Waals surface area contributed by atoms with Gasteiger partial charge in [-0.15, -0.1) is 0 Å². The lowest BCUT2D eigenvalue weighted by Crippen LogP contribution is -2.58. The van der Waals surface area contributed by atoms with Gasteiger partial charge in [-0.3, -0.25) is 9.36 Å². The molecule has 40 heavy (non-hydrogen) atoms. The molecule has 1 saturated heterocycles. The van der Waals surface area contributed by atoms with E-state index >= 15 is 0 Å². The quantitative estimate of drug-likeness (QED) is 0.356. The van der Waals surface area contributed by atoms with Gasteiger partial charge in [-0.2, -0.15) is 4.98 Å². The van der Waals surface area contributed by atoms with Gasteiger partial charge < -0.3 is 29.9 Å². The van der Waals surface area contributed by atoms with Gasteiger partial charge in [-0.05, 0) is 31.5 Å². The zero-order valence-corrected chi connectivity index (χ0v) is 23.9. The number of hydrogen-bond donors (Lipinski definition) is 2. The first-order chi connectivity index (χ1) is 19.3. The van der Waals surface area contributed by atoms with Gasteiger partial charge in [-0.25, -0.2) is 14.8 Å². The smallest absolute Gasteiger partial charge is 0.317 e. The second kappa shape index (κ2) is 13.3. The Hall–Kier alpha value is -4.06. The monoisotopic (exact) mass is 570 g/mol. The Morgan fingerprint density at radius 2 is 2.00 bits per heavy atom. The summed E-state index contributed by atoms with van der Waals surface area (Å²) in [6, 6.07) is 6.27. The molecule has 13 heteroatoms. The van der Waals surface area contributed by atoms with E-state index in [-0.39, 0.29) is 35.6 Å². The Morgan fingerprint density at radius 3 is 2.70 bits per heavy atom. The molecule has 1 aliphatic rings. The van der Waals surface area contributed by atoms with Gasteiger partial charge in [0.25, 0.3) is 0 Å². The highest BCUT2D eigenvalue weighted by Crippen LogP contribution is 2.30. The van der Waals surface area contributed by atoms with Crippen molar-refractivity contribution in [3.05, 3.63) is 53.7 Å². The van der Waals surface area contributed by atoms with E-state index in [4.69, 9.17) is 26.1 Å². The number of imidazole rings is 1. The van der Waals surface area contributed by atoms with Crippen molar-refractivity contribution < 1.29 is 19.1 Å². The van der Waals surface area contributed by atoms with Crippen LogP contribution in [0.2, 0.25) is 5.15 Å². The fraction of sp³-hybridized carbons (Fsp3) is 0.444. The molecule has 1 aliphatic heterocycles. The molecule has 12 nitrogen and oxygen atoms in total. The van der Waals surface area contributed by atoms with E-state index in [1.807, 2.05) is 30.9 Å². The van der Waals surface area contributed by atoms with Crippen LogP contribution in [0.4, 0.5) is 10.6 Å². The van der Waals surface area contributed by atoms with Crippen LogP contribution in [0.25, 0.3) is 5.95 Å². The molecule has 3 amide bonds. The second-order valence-corrected chi connectivity index (χ2v) is 9.83. The van der Waals surface area contributed by atoms with Crippen molar-refractivity contribution in [1.29, 1.82) is 0 Å². The molecule has 1 aromatic carbocycles. The average molecular weight is 571 g/mol. The highest BCUT2D eigenvalue weighted by Gasteiger charge is 2.33. The van der Waals surface area contributed by atoms with Crippen LogP contribution in [-0.4, -0.2) is 82.8 Å². The molecule has 2 aromatic heterocycles. The molecule has 0 radical (unpaired) electrons. The third-order valence-corrected chi connectivity index (χ3v) is 6.89. The molecule has 0 saturated carbocycles.